The van der Waals surface area contributed by atoms with Gasteiger partial charge in [-0.15, -0.1) is 0 Å². The smallest absolute Gasteiger partial charge is 0.143 e. The first kappa shape index (κ1) is 9.43. The van der Waals surface area contributed by atoms with Crippen molar-refractivity contribution in [1.29, 1.82) is 0 Å². The van der Waals surface area contributed by atoms with Gasteiger partial charge in [0.05, 0.1) is 23.7 Å². The number of benzene rings is 1. The van der Waals surface area contributed by atoms with Crippen LogP contribution >= 0.6 is 11.6 Å². The Kier molecular flexibility index (Phi) is 1.94. The van der Waals surface area contributed by atoms with Gasteiger partial charge in [-0.2, -0.15) is 0 Å². The molecule has 15 heavy (non-hydrogen) atoms. The maximum atomic E-state index is 13.2. The van der Waals surface area contributed by atoms with E-state index in [0.29, 0.717) is 5.41 Å². The van der Waals surface area contributed by atoms with Gasteiger partial charge >= 0.3 is 0 Å². The van der Waals surface area contributed by atoms with Gasteiger partial charge in [0.25, 0.3) is 0 Å². The Morgan fingerprint density at radius 2 is 2.07 bits per heavy atom. The fourth-order valence-electron chi connectivity index (χ4n) is 2.20. The molecule has 0 saturated carbocycles. The van der Waals surface area contributed by atoms with Crippen LogP contribution in [-0.2, 0) is 4.74 Å². The van der Waals surface area contributed by atoms with Gasteiger partial charge in [-0.1, -0.05) is 11.6 Å². The lowest BCUT2D eigenvalue weighted by atomic mass is 9.78. The molecule has 0 N–H and O–H groups in total. The molecule has 0 aromatic heterocycles. The Balaban J connectivity index is 1.75. The monoisotopic (exact) mass is 227 g/mol. The standard InChI is InChI=1S/C11H11ClFNO/c12-9-2-1-8(3-10(9)13)14-4-11(5-14)6-15-7-11/h1-3H,4-7H2. The van der Waals surface area contributed by atoms with E-state index >= 15 is 0 Å². The molecule has 2 aliphatic rings. The molecule has 0 unspecified atom stereocenters. The Bertz CT molecular complexity index is 398. The number of nitrogens with zero attached hydrogens (tertiary/aromatic N) is 1. The quantitative estimate of drug-likeness (QED) is 0.730. The van der Waals surface area contributed by atoms with Crippen molar-refractivity contribution in [3.8, 4) is 0 Å². The largest absolute Gasteiger partial charge is 0.380 e. The third kappa shape index (κ3) is 1.42. The van der Waals surface area contributed by atoms with Crippen molar-refractivity contribution in [3.63, 3.8) is 0 Å². The summed E-state index contributed by atoms with van der Waals surface area (Å²) in [6, 6.07) is 4.96. The van der Waals surface area contributed by atoms with E-state index < -0.39 is 0 Å². The van der Waals surface area contributed by atoms with Gasteiger partial charge in [-0.05, 0) is 18.2 Å². The lowest BCUT2D eigenvalue weighted by molar-refractivity contribution is -0.127. The fraction of sp³-hybridized carbons (Fsp3) is 0.455. The highest BCUT2D eigenvalue weighted by molar-refractivity contribution is 6.30. The van der Waals surface area contributed by atoms with E-state index in [1.807, 2.05) is 6.07 Å². The van der Waals surface area contributed by atoms with Crippen LogP contribution in [0.15, 0.2) is 18.2 Å². The predicted molar refractivity (Wildman–Crippen MR) is 56.9 cm³/mol. The van der Waals surface area contributed by atoms with Gasteiger partial charge < -0.3 is 9.64 Å². The molecule has 0 radical (unpaired) electrons. The SMILES string of the molecule is Fc1cc(N2CC3(COC3)C2)ccc1Cl. The van der Waals surface area contributed by atoms with Crippen molar-refractivity contribution >= 4 is 17.3 Å². The van der Waals surface area contributed by atoms with E-state index in [0.717, 1.165) is 32.0 Å². The van der Waals surface area contributed by atoms with Crippen LogP contribution in [0.2, 0.25) is 5.02 Å². The summed E-state index contributed by atoms with van der Waals surface area (Å²) >= 11 is 5.63. The van der Waals surface area contributed by atoms with Crippen molar-refractivity contribution in [2.45, 2.75) is 0 Å². The van der Waals surface area contributed by atoms with Gasteiger partial charge in [-0.3, -0.25) is 0 Å². The van der Waals surface area contributed by atoms with E-state index in [1.54, 1.807) is 6.07 Å². The molecule has 0 aliphatic carbocycles. The number of hydrogen-bond donors (Lipinski definition) is 0. The summed E-state index contributed by atoms with van der Waals surface area (Å²) in [6.07, 6.45) is 0. The van der Waals surface area contributed by atoms with Crippen molar-refractivity contribution in [3.05, 3.63) is 29.0 Å². The van der Waals surface area contributed by atoms with E-state index in [2.05, 4.69) is 4.90 Å². The van der Waals surface area contributed by atoms with Gasteiger partial charge in [0.1, 0.15) is 5.82 Å². The molecule has 0 amide bonds. The number of rotatable bonds is 1. The zero-order chi connectivity index (χ0) is 10.5. The first-order valence-electron chi connectivity index (χ1n) is 4.96. The predicted octanol–water partition coefficient (Wildman–Crippen LogP) is 2.32. The summed E-state index contributed by atoms with van der Waals surface area (Å²) in [6.45, 7) is 3.63. The molecule has 2 aliphatic heterocycles. The molecular formula is C11H11ClFNO. The Labute approximate surface area is 92.6 Å². The number of halogens is 2. The van der Waals surface area contributed by atoms with Crippen LogP contribution in [0.25, 0.3) is 0 Å². The highest BCUT2D eigenvalue weighted by atomic mass is 35.5. The molecule has 2 heterocycles. The molecule has 2 saturated heterocycles. The van der Waals surface area contributed by atoms with Crippen molar-refractivity contribution in [1.82, 2.24) is 0 Å². The maximum absolute atomic E-state index is 13.2. The zero-order valence-corrected chi connectivity index (χ0v) is 8.93. The van der Waals surface area contributed by atoms with Crippen LogP contribution in [0.5, 0.6) is 0 Å². The molecule has 80 valence electrons. The molecule has 1 spiro atoms. The second-order valence-electron chi connectivity index (χ2n) is 4.45. The first-order chi connectivity index (χ1) is 7.19. The number of ether oxygens (including phenoxy) is 1. The van der Waals surface area contributed by atoms with Crippen LogP contribution in [0.1, 0.15) is 0 Å². The second kappa shape index (κ2) is 3.09. The van der Waals surface area contributed by atoms with Gasteiger partial charge in [0.2, 0.25) is 0 Å². The summed E-state index contributed by atoms with van der Waals surface area (Å²) in [4.78, 5) is 2.15. The average molecular weight is 228 g/mol. The highest BCUT2D eigenvalue weighted by Crippen LogP contribution is 2.40. The minimum Gasteiger partial charge on any atom is -0.380 e. The fourth-order valence-corrected chi connectivity index (χ4v) is 2.32. The van der Waals surface area contributed by atoms with Gasteiger partial charge in [-0.25, -0.2) is 4.39 Å². The topological polar surface area (TPSA) is 12.5 Å². The van der Waals surface area contributed by atoms with Crippen LogP contribution in [0.3, 0.4) is 0 Å². The second-order valence-corrected chi connectivity index (χ2v) is 4.85. The lowest BCUT2D eigenvalue weighted by Crippen LogP contribution is -2.66. The van der Waals surface area contributed by atoms with E-state index in [-0.39, 0.29) is 10.8 Å². The van der Waals surface area contributed by atoms with Gasteiger partial charge in [0.15, 0.2) is 0 Å². The van der Waals surface area contributed by atoms with Crippen molar-refractivity contribution < 1.29 is 9.13 Å². The van der Waals surface area contributed by atoms with Gasteiger partial charge in [0, 0.05) is 18.8 Å². The van der Waals surface area contributed by atoms with Crippen LogP contribution in [0.4, 0.5) is 10.1 Å². The summed E-state index contributed by atoms with van der Waals surface area (Å²) < 4.78 is 18.4. The maximum Gasteiger partial charge on any atom is 0.143 e. The van der Waals surface area contributed by atoms with E-state index in [1.165, 1.54) is 6.07 Å². The number of anilines is 1. The molecule has 1 aromatic carbocycles. The third-order valence-electron chi connectivity index (χ3n) is 3.14. The molecule has 2 fully saturated rings. The molecular weight excluding hydrogens is 217 g/mol. The molecule has 2 nitrogen and oxygen atoms in total. The summed E-state index contributed by atoms with van der Waals surface area (Å²) in [5.41, 5.74) is 1.27. The van der Waals surface area contributed by atoms with Crippen molar-refractivity contribution in [2.75, 3.05) is 31.2 Å². The minimum atomic E-state index is -0.347. The van der Waals surface area contributed by atoms with Crippen LogP contribution in [0, 0.1) is 11.2 Å². The van der Waals surface area contributed by atoms with Crippen molar-refractivity contribution in [2.24, 2.45) is 5.41 Å². The van der Waals surface area contributed by atoms with Crippen LogP contribution < -0.4 is 4.90 Å². The zero-order valence-electron chi connectivity index (χ0n) is 8.17. The molecule has 1 aromatic rings. The normalized spacial score (nSPS) is 22.4. The minimum absolute atomic E-state index is 0.181. The Hall–Kier alpha value is -0.800. The van der Waals surface area contributed by atoms with E-state index in [4.69, 9.17) is 16.3 Å². The molecule has 0 atom stereocenters. The van der Waals surface area contributed by atoms with Crippen LogP contribution in [-0.4, -0.2) is 26.3 Å². The average Bonchev–Trinajstić information content (AvgIpc) is 2.06. The Morgan fingerprint density at radius 3 is 2.60 bits per heavy atom. The lowest BCUT2D eigenvalue weighted by Gasteiger charge is -2.56. The molecule has 0 bridgehead atoms. The summed E-state index contributed by atoms with van der Waals surface area (Å²) in [5, 5.41) is 0.181. The first-order valence-corrected chi connectivity index (χ1v) is 5.34. The summed E-state index contributed by atoms with van der Waals surface area (Å²) in [7, 11) is 0. The third-order valence-corrected chi connectivity index (χ3v) is 3.44. The Morgan fingerprint density at radius 1 is 1.33 bits per heavy atom. The molecule has 4 heteroatoms. The van der Waals surface area contributed by atoms with E-state index in [9.17, 15) is 4.39 Å². The summed E-state index contributed by atoms with van der Waals surface area (Å²) in [5.74, 6) is -0.347. The highest BCUT2D eigenvalue weighted by Gasteiger charge is 2.49. The molecule has 3 rings (SSSR count). The number of hydrogen-bond acceptors (Lipinski definition) is 2.